The Morgan fingerprint density at radius 1 is 1.07 bits per heavy atom. The third-order valence-electron chi connectivity index (χ3n) is 5.68. The van der Waals surface area contributed by atoms with Crippen LogP contribution in [-0.4, -0.2) is 57.6 Å². The molecule has 3 heterocycles. The summed E-state index contributed by atoms with van der Waals surface area (Å²) in [7, 11) is 0. The highest BCUT2D eigenvalue weighted by Crippen LogP contribution is 2.15. The normalized spacial score (nSPS) is 18.2. The van der Waals surface area contributed by atoms with E-state index in [1.807, 2.05) is 24.3 Å². The van der Waals surface area contributed by atoms with Crippen molar-refractivity contribution in [1.82, 2.24) is 19.4 Å². The quantitative estimate of drug-likeness (QED) is 0.821. The first-order chi connectivity index (χ1) is 14.1. The average Bonchev–Trinajstić information content (AvgIpc) is 3.26. The minimum absolute atomic E-state index is 0.199. The van der Waals surface area contributed by atoms with Gasteiger partial charge >= 0.3 is 11.7 Å². The summed E-state index contributed by atoms with van der Waals surface area (Å²) in [5, 5.41) is 2.71. The van der Waals surface area contributed by atoms with Crippen molar-refractivity contribution in [1.29, 1.82) is 0 Å². The van der Waals surface area contributed by atoms with Crippen LogP contribution >= 0.6 is 0 Å². The smallest absolute Gasteiger partial charge is 0.328 e. The molecule has 2 aromatic rings. The number of hydrogen-bond acceptors (Lipinski definition) is 5. The van der Waals surface area contributed by atoms with Crippen LogP contribution in [0.15, 0.2) is 41.3 Å². The van der Waals surface area contributed by atoms with Crippen molar-refractivity contribution < 1.29 is 4.79 Å². The summed E-state index contributed by atoms with van der Waals surface area (Å²) in [5.74, 6) is 0.281. The van der Waals surface area contributed by atoms with E-state index in [2.05, 4.69) is 15.2 Å². The van der Waals surface area contributed by atoms with E-state index in [4.69, 9.17) is 5.73 Å². The highest BCUT2D eigenvalue weighted by atomic mass is 16.2. The summed E-state index contributed by atoms with van der Waals surface area (Å²) in [4.78, 5) is 32.8. The first-order valence-corrected chi connectivity index (χ1v) is 10.3. The topological polar surface area (TPSA) is 96.5 Å². The number of carbonyl (C=O) groups excluding carboxylic acids is 1. The van der Waals surface area contributed by atoms with Gasteiger partial charge in [0, 0.05) is 31.9 Å². The Morgan fingerprint density at radius 2 is 1.76 bits per heavy atom. The number of amides is 2. The van der Waals surface area contributed by atoms with Gasteiger partial charge in [-0.3, -0.25) is 14.8 Å². The third kappa shape index (κ3) is 4.83. The maximum Gasteiger partial charge on any atom is 0.354 e. The molecule has 0 bridgehead atoms. The second kappa shape index (κ2) is 8.75. The minimum Gasteiger partial charge on any atom is -0.328 e. The van der Waals surface area contributed by atoms with Crippen LogP contribution in [0, 0.1) is 0 Å². The van der Waals surface area contributed by atoms with Gasteiger partial charge in [0.15, 0.2) is 0 Å². The predicted octanol–water partition coefficient (Wildman–Crippen LogP) is 1.78. The van der Waals surface area contributed by atoms with Crippen molar-refractivity contribution in [3.63, 3.8) is 0 Å². The van der Waals surface area contributed by atoms with Gasteiger partial charge in [-0.2, -0.15) is 4.98 Å². The SMILES string of the molecule is NC1CCN(Cc2ccc(-n3ccc(NC(=O)N4CCCC4)nc3=O)cc2)CC1. The lowest BCUT2D eigenvalue weighted by Gasteiger charge is -2.30. The van der Waals surface area contributed by atoms with Crippen LogP contribution in [0.4, 0.5) is 10.6 Å². The second-order valence-corrected chi connectivity index (χ2v) is 7.87. The fourth-order valence-electron chi connectivity index (χ4n) is 3.91. The average molecular weight is 396 g/mol. The van der Waals surface area contributed by atoms with Gasteiger partial charge in [0.2, 0.25) is 0 Å². The molecule has 0 radical (unpaired) electrons. The van der Waals surface area contributed by atoms with E-state index in [1.165, 1.54) is 10.1 Å². The Hall–Kier alpha value is -2.71. The molecule has 2 aliphatic heterocycles. The van der Waals surface area contributed by atoms with E-state index in [1.54, 1.807) is 17.2 Å². The molecular formula is C21H28N6O2. The first-order valence-electron chi connectivity index (χ1n) is 10.3. The maximum absolute atomic E-state index is 12.4. The number of benzene rings is 1. The summed E-state index contributed by atoms with van der Waals surface area (Å²) in [5.41, 5.74) is 7.51. The molecule has 29 heavy (non-hydrogen) atoms. The molecule has 1 aromatic heterocycles. The largest absolute Gasteiger partial charge is 0.354 e. The van der Waals surface area contributed by atoms with Crippen molar-refractivity contribution in [2.75, 3.05) is 31.5 Å². The van der Waals surface area contributed by atoms with Gasteiger partial charge in [-0.15, -0.1) is 0 Å². The lowest BCUT2D eigenvalue weighted by molar-refractivity contribution is 0.205. The summed E-state index contributed by atoms with van der Waals surface area (Å²) in [6.07, 6.45) is 5.77. The molecular weight excluding hydrogens is 368 g/mol. The zero-order valence-corrected chi connectivity index (χ0v) is 16.6. The molecule has 0 saturated carbocycles. The zero-order valence-electron chi connectivity index (χ0n) is 16.6. The van der Waals surface area contributed by atoms with Gasteiger partial charge in [0.1, 0.15) is 5.82 Å². The van der Waals surface area contributed by atoms with E-state index >= 15 is 0 Å². The number of hydrogen-bond donors (Lipinski definition) is 2. The predicted molar refractivity (Wildman–Crippen MR) is 112 cm³/mol. The van der Waals surface area contributed by atoms with Gasteiger partial charge in [-0.05, 0) is 62.5 Å². The molecule has 1 aromatic carbocycles. The molecule has 0 unspecified atom stereocenters. The molecule has 2 saturated heterocycles. The number of piperidine rings is 1. The molecule has 8 nitrogen and oxygen atoms in total. The van der Waals surface area contributed by atoms with Gasteiger partial charge in [-0.25, -0.2) is 9.59 Å². The van der Waals surface area contributed by atoms with Gasteiger partial charge in [0.25, 0.3) is 0 Å². The Bertz CT molecular complexity index is 896. The van der Waals surface area contributed by atoms with Crippen molar-refractivity contribution in [3.05, 3.63) is 52.6 Å². The number of likely N-dealkylation sites (tertiary alicyclic amines) is 2. The van der Waals surface area contributed by atoms with E-state index < -0.39 is 5.69 Å². The van der Waals surface area contributed by atoms with Crippen molar-refractivity contribution in [3.8, 4) is 5.69 Å². The monoisotopic (exact) mass is 396 g/mol. The Kier molecular flexibility index (Phi) is 5.92. The van der Waals surface area contributed by atoms with Crippen LogP contribution in [0.1, 0.15) is 31.2 Å². The maximum atomic E-state index is 12.4. The number of anilines is 1. The van der Waals surface area contributed by atoms with Gasteiger partial charge in [0.05, 0.1) is 5.69 Å². The number of nitrogens with one attached hydrogen (secondary N) is 1. The van der Waals surface area contributed by atoms with Crippen LogP contribution in [0.2, 0.25) is 0 Å². The summed E-state index contributed by atoms with van der Waals surface area (Å²) in [6.45, 7) is 4.44. The standard InChI is InChI=1S/C21H28N6O2/c22-17-7-12-25(13-8-17)15-16-3-5-18(6-4-16)27-14-9-19(24-21(27)29)23-20(28)26-10-1-2-11-26/h3-6,9,14,17H,1-2,7-8,10-13,15,22H2,(H,23,24,28,29). The number of rotatable bonds is 4. The molecule has 2 fully saturated rings. The fourth-order valence-corrected chi connectivity index (χ4v) is 3.91. The highest BCUT2D eigenvalue weighted by molar-refractivity contribution is 5.88. The molecule has 0 aliphatic carbocycles. The first kappa shape index (κ1) is 19.6. The van der Waals surface area contributed by atoms with Crippen molar-refractivity contribution in [2.24, 2.45) is 5.73 Å². The number of nitrogens with zero attached hydrogens (tertiary/aromatic N) is 4. The zero-order chi connectivity index (χ0) is 20.2. The molecule has 0 atom stereocenters. The molecule has 154 valence electrons. The van der Waals surface area contributed by atoms with Crippen LogP contribution in [0.3, 0.4) is 0 Å². The van der Waals surface area contributed by atoms with Gasteiger partial charge < -0.3 is 10.6 Å². The Morgan fingerprint density at radius 3 is 2.41 bits per heavy atom. The summed E-state index contributed by atoms with van der Waals surface area (Å²) in [6, 6.07) is 9.72. The summed E-state index contributed by atoms with van der Waals surface area (Å²) < 4.78 is 1.48. The fraction of sp³-hybridized carbons (Fsp3) is 0.476. The molecule has 2 aliphatic rings. The molecule has 4 rings (SSSR count). The number of nitrogens with two attached hydrogens (primary N) is 1. The van der Waals surface area contributed by atoms with Crippen molar-refractivity contribution >= 4 is 11.8 Å². The van der Waals surface area contributed by atoms with E-state index in [9.17, 15) is 9.59 Å². The number of carbonyl (C=O) groups is 1. The van der Waals surface area contributed by atoms with Crippen LogP contribution < -0.4 is 16.7 Å². The molecule has 3 N–H and O–H groups in total. The van der Waals surface area contributed by atoms with Crippen LogP contribution in [-0.2, 0) is 6.54 Å². The lowest BCUT2D eigenvalue weighted by Crippen LogP contribution is -2.39. The molecule has 0 spiro atoms. The molecule has 2 amide bonds. The number of aromatic nitrogens is 2. The van der Waals surface area contributed by atoms with E-state index in [0.29, 0.717) is 6.04 Å². The Labute approximate surface area is 170 Å². The van der Waals surface area contributed by atoms with Crippen LogP contribution in [0.25, 0.3) is 5.69 Å². The lowest BCUT2D eigenvalue weighted by atomic mass is 10.1. The molecule has 8 heteroatoms. The highest BCUT2D eigenvalue weighted by Gasteiger charge is 2.18. The number of urea groups is 1. The summed E-state index contributed by atoms with van der Waals surface area (Å²) >= 11 is 0. The van der Waals surface area contributed by atoms with Crippen molar-refractivity contribution in [2.45, 2.75) is 38.3 Å². The van der Waals surface area contributed by atoms with Gasteiger partial charge in [-0.1, -0.05) is 12.1 Å². The van der Waals surface area contributed by atoms with Crippen LogP contribution in [0.5, 0.6) is 0 Å². The Balaban J connectivity index is 1.40. The third-order valence-corrected chi connectivity index (χ3v) is 5.68. The second-order valence-electron chi connectivity index (χ2n) is 7.87. The minimum atomic E-state index is -0.415. The van der Waals surface area contributed by atoms with E-state index in [-0.39, 0.29) is 11.8 Å². The van der Waals surface area contributed by atoms with E-state index in [0.717, 1.165) is 64.1 Å².